The number of carbonyl (C=O) groups is 1. The molecule has 0 aliphatic rings. The zero-order valence-electron chi connectivity index (χ0n) is 12.7. The SMILES string of the molecule is CC(C)[C@@H](C)NC(=O)CSc1nnc(-c2ccccc2F)o1. The van der Waals surface area contributed by atoms with Crippen LogP contribution < -0.4 is 5.32 Å². The molecular formula is C15H18FN3O2S. The quantitative estimate of drug-likeness (QED) is 0.827. The minimum Gasteiger partial charge on any atom is -0.411 e. The number of aromatic nitrogens is 2. The van der Waals surface area contributed by atoms with Gasteiger partial charge in [-0.15, -0.1) is 10.2 Å². The Hall–Kier alpha value is -1.89. The Morgan fingerprint density at radius 2 is 2.05 bits per heavy atom. The van der Waals surface area contributed by atoms with Gasteiger partial charge in [0.1, 0.15) is 5.82 Å². The minimum atomic E-state index is -0.425. The summed E-state index contributed by atoms with van der Waals surface area (Å²) < 4.78 is 19.0. The van der Waals surface area contributed by atoms with Crippen LogP contribution in [0.5, 0.6) is 0 Å². The molecule has 7 heteroatoms. The topological polar surface area (TPSA) is 68.0 Å². The third-order valence-electron chi connectivity index (χ3n) is 3.23. The molecule has 5 nitrogen and oxygen atoms in total. The number of carbonyl (C=O) groups excluding carboxylic acids is 1. The maximum absolute atomic E-state index is 13.6. The Bertz CT molecular complexity index is 645. The molecule has 1 aromatic heterocycles. The highest BCUT2D eigenvalue weighted by Crippen LogP contribution is 2.24. The molecule has 1 atom stereocenters. The first-order valence-electron chi connectivity index (χ1n) is 6.98. The van der Waals surface area contributed by atoms with Gasteiger partial charge in [0.2, 0.25) is 5.91 Å². The van der Waals surface area contributed by atoms with Crippen molar-refractivity contribution in [1.82, 2.24) is 15.5 Å². The summed E-state index contributed by atoms with van der Waals surface area (Å²) in [6.45, 7) is 6.03. The van der Waals surface area contributed by atoms with E-state index in [2.05, 4.69) is 15.5 Å². The largest absolute Gasteiger partial charge is 0.411 e. The van der Waals surface area contributed by atoms with E-state index in [0.717, 1.165) is 11.8 Å². The monoisotopic (exact) mass is 323 g/mol. The van der Waals surface area contributed by atoms with Gasteiger partial charge < -0.3 is 9.73 Å². The van der Waals surface area contributed by atoms with Crippen molar-refractivity contribution in [3.05, 3.63) is 30.1 Å². The van der Waals surface area contributed by atoms with Gasteiger partial charge in [-0.3, -0.25) is 4.79 Å². The Kier molecular flexibility index (Phi) is 5.54. The van der Waals surface area contributed by atoms with E-state index in [1.165, 1.54) is 6.07 Å². The lowest BCUT2D eigenvalue weighted by molar-refractivity contribution is -0.119. The molecule has 22 heavy (non-hydrogen) atoms. The molecule has 0 bridgehead atoms. The lowest BCUT2D eigenvalue weighted by Crippen LogP contribution is -2.37. The van der Waals surface area contributed by atoms with Gasteiger partial charge in [0.25, 0.3) is 11.1 Å². The van der Waals surface area contributed by atoms with Gasteiger partial charge in [0, 0.05) is 6.04 Å². The first-order valence-corrected chi connectivity index (χ1v) is 7.96. The first kappa shape index (κ1) is 16.5. The van der Waals surface area contributed by atoms with E-state index in [9.17, 15) is 9.18 Å². The van der Waals surface area contributed by atoms with Gasteiger partial charge in [-0.1, -0.05) is 37.7 Å². The van der Waals surface area contributed by atoms with Gasteiger partial charge in [0.15, 0.2) is 0 Å². The maximum Gasteiger partial charge on any atom is 0.277 e. The summed E-state index contributed by atoms with van der Waals surface area (Å²) >= 11 is 1.13. The summed E-state index contributed by atoms with van der Waals surface area (Å²) in [5.74, 6) is 0.125. The summed E-state index contributed by atoms with van der Waals surface area (Å²) in [7, 11) is 0. The molecule has 0 fully saturated rings. The Morgan fingerprint density at radius 3 is 2.73 bits per heavy atom. The van der Waals surface area contributed by atoms with Gasteiger partial charge in [-0.25, -0.2) is 4.39 Å². The predicted octanol–water partition coefficient (Wildman–Crippen LogP) is 3.13. The van der Waals surface area contributed by atoms with Gasteiger partial charge >= 0.3 is 0 Å². The van der Waals surface area contributed by atoms with Gasteiger partial charge in [-0.2, -0.15) is 0 Å². The van der Waals surface area contributed by atoms with E-state index in [1.807, 2.05) is 20.8 Å². The number of hydrogen-bond acceptors (Lipinski definition) is 5. The number of thioether (sulfide) groups is 1. The molecule has 0 unspecified atom stereocenters. The molecule has 0 aliphatic heterocycles. The molecule has 118 valence electrons. The van der Waals surface area contributed by atoms with E-state index < -0.39 is 5.82 Å². The highest BCUT2D eigenvalue weighted by Gasteiger charge is 2.15. The molecule has 0 aliphatic carbocycles. The Balaban J connectivity index is 1.93. The molecular weight excluding hydrogens is 305 g/mol. The van der Waals surface area contributed by atoms with Gasteiger partial charge in [0.05, 0.1) is 11.3 Å². The molecule has 0 radical (unpaired) electrons. The van der Waals surface area contributed by atoms with E-state index in [1.54, 1.807) is 18.2 Å². The van der Waals surface area contributed by atoms with Crippen LogP contribution in [0.25, 0.3) is 11.5 Å². The fourth-order valence-corrected chi connectivity index (χ4v) is 2.18. The lowest BCUT2D eigenvalue weighted by atomic mass is 10.1. The van der Waals surface area contributed by atoms with Crippen molar-refractivity contribution in [3.63, 3.8) is 0 Å². The summed E-state index contributed by atoms with van der Waals surface area (Å²) in [5.41, 5.74) is 0.250. The normalized spacial score (nSPS) is 12.4. The Morgan fingerprint density at radius 1 is 1.32 bits per heavy atom. The summed E-state index contributed by atoms with van der Waals surface area (Å²) in [5, 5.41) is 10.8. The highest BCUT2D eigenvalue weighted by molar-refractivity contribution is 7.99. The number of halogens is 1. The van der Waals surface area contributed by atoms with E-state index in [0.29, 0.717) is 5.92 Å². The molecule has 2 rings (SSSR count). The van der Waals surface area contributed by atoms with Crippen molar-refractivity contribution < 1.29 is 13.6 Å². The van der Waals surface area contributed by atoms with Gasteiger partial charge in [-0.05, 0) is 25.0 Å². The average molecular weight is 323 g/mol. The van der Waals surface area contributed by atoms with E-state index >= 15 is 0 Å². The first-order chi connectivity index (χ1) is 10.5. The fourth-order valence-electron chi connectivity index (χ4n) is 1.60. The van der Waals surface area contributed by atoms with Crippen LogP contribution in [-0.4, -0.2) is 27.9 Å². The number of amides is 1. The smallest absolute Gasteiger partial charge is 0.277 e. The van der Waals surface area contributed by atoms with E-state index in [4.69, 9.17) is 4.42 Å². The number of nitrogens with one attached hydrogen (secondary N) is 1. The zero-order chi connectivity index (χ0) is 16.1. The molecule has 0 saturated carbocycles. The van der Waals surface area contributed by atoms with Crippen molar-refractivity contribution in [2.24, 2.45) is 5.92 Å². The molecule has 1 aromatic carbocycles. The predicted molar refractivity (Wildman–Crippen MR) is 82.9 cm³/mol. The molecule has 2 aromatic rings. The zero-order valence-corrected chi connectivity index (χ0v) is 13.5. The van der Waals surface area contributed by atoms with Crippen LogP contribution in [0.2, 0.25) is 0 Å². The van der Waals surface area contributed by atoms with Crippen LogP contribution >= 0.6 is 11.8 Å². The minimum absolute atomic E-state index is 0.100. The molecule has 1 heterocycles. The van der Waals surface area contributed by atoms with Crippen LogP contribution in [0, 0.1) is 11.7 Å². The maximum atomic E-state index is 13.6. The van der Waals surface area contributed by atoms with Crippen LogP contribution in [-0.2, 0) is 4.79 Å². The third kappa shape index (κ3) is 4.30. The number of nitrogens with zero attached hydrogens (tertiary/aromatic N) is 2. The highest BCUT2D eigenvalue weighted by atomic mass is 32.2. The van der Waals surface area contributed by atoms with E-state index in [-0.39, 0.29) is 34.4 Å². The second kappa shape index (κ2) is 7.40. The molecule has 0 spiro atoms. The lowest BCUT2D eigenvalue weighted by Gasteiger charge is -2.16. The number of benzene rings is 1. The summed E-state index contributed by atoms with van der Waals surface area (Å²) in [4.78, 5) is 11.8. The summed E-state index contributed by atoms with van der Waals surface area (Å²) in [6, 6.07) is 6.27. The van der Waals surface area contributed by atoms with Crippen molar-refractivity contribution in [1.29, 1.82) is 0 Å². The van der Waals surface area contributed by atoms with Crippen molar-refractivity contribution >= 4 is 17.7 Å². The van der Waals surface area contributed by atoms with Crippen molar-refractivity contribution in [2.75, 3.05) is 5.75 Å². The fraction of sp³-hybridized carbons (Fsp3) is 0.400. The van der Waals surface area contributed by atoms with Crippen molar-refractivity contribution in [2.45, 2.75) is 32.0 Å². The number of rotatable bonds is 6. The van der Waals surface area contributed by atoms with Crippen LogP contribution in [0.1, 0.15) is 20.8 Å². The molecule has 1 N–H and O–H groups in total. The second-order valence-electron chi connectivity index (χ2n) is 5.24. The van der Waals surface area contributed by atoms with Crippen LogP contribution in [0.15, 0.2) is 33.9 Å². The number of hydrogen-bond donors (Lipinski definition) is 1. The molecule has 0 saturated heterocycles. The Labute approximate surface area is 132 Å². The second-order valence-corrected chi connectivity index (χ2v) is 6.17. The van der Waals surface area contributed by atoms with Crippen LogP contribution in [0.3, 0.4) is 0 Å². The van der Waals surface area contributed by atoms with Crippen molar-refractivity contribution in [3.8, 4) is 11.5 Å². The molecule has 1 amide bonds. The van der Waals surface area contributed by atoms with Crippen LogP contribution in [0.4, 0.5) is 4.39 Å². The summed E-state index contributed by atoms with van der Waals surface area (Å²) in [6.07, 6.45) is 0. The standard InChI is InChI=1S/C15H18FN3O2S/c1-9(2)10(3)17-13(20)8-22-15-19-18-14(21-15)11-6-4-5-7-12(11)16/h4-7,9-10H,8H2,1-3H3,(H,17,20)/t10-/m1/s1. The average Bonchev–Trinajstić information content (AvgIpc) is 2.94. The third-order valence-corrected chi connectivity index (χ3v) is 4.04.